The van der Waals surface area contributed by atoms with Crippen LogP contribution < -0.4 is 9.62 Å². The second-order valence-corrected chi connectivity index (χ2v) is 10.5. The maximum Gasteiger partial charge on any atom is 0.391 e. The van der Waals surface area contributed by atoms with Crippen molar-refractivity contribution in [2.75, 3.05) is 10.9 Å². The maximum absolute atomic E-state index is 13.6. The molecule has 1 saturated carbocycles. The molecule has 0 bridgehead atoms. The summed E-state index contributed by atoms with van der Waals surface area (Å²) in [5, 5.41) is 11.8. The van der Waals surface area contributed by atoms with E-state index in [1.165, 1.54) is 36.4 Å². The Morgan fingerprint density at radius 3 is 2.47 bits per heavy atom. The third kappa shape index (κ3) is 6.00. The van der Waals surface area contributed by atoms with E-state index in [-0.39, 0.29) is 53.6 Å². The van der Waals surface area contributed by atoms with Crippen molar-refractivity contribution in [1.82, 2.24) is 10.3 Å². The molecule has 3 atom stereocenters. The molecule has 2 unspecified atom stereocenters. The van der Waals surface area contributed by atoms with Crippen molar-refractivity contribution in [3.05, 3.63) is 53.3 Å². The smallest absolute Gasteiger partial charge is 0.391 e. The fourth-order valence-corrected chi connectivity index (χ4v) is 5.71. The lowest BCUT2D eigenvalue weighted by molar-refractivity contribution is -0.182. The van der Waals surface area contributed by atoms with Crippen LogP contribution in [0.2, 0.25) is 5.15 Å². The normalized spacial score (nSPS) is 19.9. The Morgan fingerprint density at radius 2 is 1.91 bits per heavy atom. The summed E-state index contributed by atoms with van der Waals surface area (Å²) < 4.78 is 68.5. The minimum atomic E-state index is -4.43. The number of pyridine rings is 1. The molecule has 3 rings (SSSR count). The molecular weight excluding hydrogens is 495 g/mol. The zero-order chi connectivity index (χ0) is 25.1. The van der Waals surface area contributed by atoms with Crippen molar-refractivity contribution < 1.29 is 31.5 Å². The Kier molecular flexibility index (Phi) is 8.10. The number of benzene rings is 1. The topological polar surface area (TPSA) is 99.6 Å². The van der Waals surface area contributed by atoms with Crippen molar-refractivity contribution in [3.63, 3.8) is 0 Å². The molecule has 0 saturated heterocycles. The van der Waals surface area contributed by atoms with Gasteiger partial charge in [-0.3, -0.25) is 9.10 Å². The first kappa shape index (κ1) is 26.2. The van der Waals surface area contributed by atoms with Crippen molar-refractivity contribution >= 4 is 33.2 Å². The fourth-order valence-electron chi connectivity index (χ4n) is 3.96. The van der Waals surface area contributed by atoms with Gasteiger partial charge in [0.05, 0.1) is 18.2 Å². The summed E-state index contributed by atoms with van der Waals surface area (Å²) in [5.41, 5.74) is 0.348. The molecule has 0 spiro atoms. The van der Waals surface area contributed by atoms with E-state index in [1.807, 2.05) is 0 Å². The monoisotopic (exact) mass is 519 g/mol. The van der Waals surface area contributed by atoms with Crippen LogP contribution in [0.15, 0.2) is 47.5 Å². The van der Waals surface area contributed by atoms with Crippen LogP contribution in [0.5, 0.6) is 0 Å². The van der Waals surface area contributed by atoms with Crippen LogP contribution >= 0.6 is 11.6 Å². The van der Waals surface area contributed by atoms with Crippen LogP contribution in [0.1, 0.15) is 43.0 Å². The molecule has 1 aliphatic carbocycles. The molecule has 0 radical (unpaired) electrons. The summed E-state index contributed by atoms with van der Waals surface area (Å²) >= 11 is 5.77. The number of amides is 1. The van der Waals surface area contributed by atoms with Gasteiger partial charge in [0.15, 0.2) is 0 Å². The number of nitrogens with one attached hydrogen (secondary N) is 1. The molecule has 1 aliphatic rings. The number of anilines is 1. The average Bonchev–Trinajstić information content (AvgIpc) is 2.79. The molecule has 7 nitrogen and oxygen atoms in total. The Bertz CT molecular complexity index is 1100. The van der Waals surface area contributed by atoms with E-state index in [2.05, 4.69) is 10.3 Å². The molecule has 34 heavy (non-hydrogen) atoms. The van der Waals surface area contributed by atoms with Crippen LogP contribution in [0, 0.1) is 5.92 Å². The van der Waals surface area contributed by atoms with Gasteiger partial charge in [-0.2, -0.15) is 13.2 Å². The number of carbonyl (C=O) groups is 1. The van der Waals surface area contributed by atoms with Gasteiger partial charge in [-0.05, 0) is 62.6 Å². The van der Waals surface area contributed by atoms with Crippen LogP contribution in [0.25, 0.3) is 0 Å². The summed E-state index contributed by atoms with van der Waals surface area (Å²) in [5.74, 6) is -2.09. The van der Waals surface area contributed by atoms with E-state index < -0.39 is 40.1 Å². The number of hydrogen-bond donors (Lipinski definition) is 2. The first-order valence-electron chi connectivity index (χ1n) is 10.7. The van der Waals surface area contributed by atoms with E-state index in [9.17, 15) is 26.4 Å². The first-order valence-corrected chi connectivity index (χ1v) is 12.5. The van der Waals surface area contributed by atoms with Crippen molar-refractivity contribution in [3.8, 4) is 0 Å². The summed E-state index contributed by atoms with van der Waals surface area (Å²) in [7, 11) is -4.28. The Hall–Kier alpha value is -2.37. The van der Waals surface area contributed by atoms with Crippen LogP contribution in [-0.4, -0.2) is 49.3 Å². The van der Waals surface area contributed by atoms with Gasteiger partial charge in [-0.15, -0.1) is 0 Å². The number of nitrogens with zero attached hydrogens (tertiary/aromatic N) is 2. The predicted molar refractivity (Wildman–Crippen MR) is 121 cm³/mol. The lowest BCUT2D eigenvalue weighted by Crippen LogP contribution is -2.45. The minimum absolute atomic E-state index is 0.0570. The highest BCUT2D eigenvalue weighted by molar-refractivity contribution is 7.92. The van der Waals surface area contributed by atoms with Gasteiger partial charge in [0.2, 0.25) is 0 Å². The predicted octanol–water partition coefficient (Wildman–Crippen LogP) is 4.16. The van der Waals surface area contributed by atoms with Crippen LogP contribution in [0.3, 0.4) is 0 Å². The van der Waals surface area contributed by atoms with Crippen molar-refractivity contribution in [2.45, 2.75) is 55.8 Å². The average molecular weight is 520 g/mol. The standard InChI is InChI=1S/C22H25ClF3N3O4S/c1-14(13-30)28-21(31)15-5-7-17(8-6-15)29(18-4-2-3-16(11-18)22(24,25)26)34(32,33)19-9-10-20(23)27-12-19/h5-10,12,14,16,18,30H,2-4,11,13H2,1H3,(H,28,31)/t14-,16?,18?/m1/s1. The number of carbonyl (C=O) groups excluding carboxylic acids is 1. The van der Waals surface area contributed by atoms with Crippen LogP contribution in [0.4, 0.5) is 18.9 Å². The van der Waals surface area contributed by atoms with Gasteiger partial charge < -0.3 is 10.4 Å². The summed E-state index contributed by atoms with van der Waals surface area (Å²) in [4.78, 5) is 15.9. The van der Waals surface area contributed by atoms with E-state index in [4.69, 9.17) is 16.7 Å². The quantitative estimate of drug-likeness (QED) is 0.535. The van der Waals surface area contributed by atoms with Gasteiger partial charge in [-0.1, -0.05) is 18.0 Å². The van der Waals surface area contributed by atoms with E-state index in [0.29, 0.717) is 0 Å². The Labute approximate surface area is 201 Å². The molecular formula is C22H25ClF3N3O4S. The van der Waals surface area contributed by atoms with Crippen molar-refractivity contribution in [1.29, 1.82) is 0 Å². The van der Waals surface area contributed by atoms with Gasteiger partial charge >= 0.3 is 6.18 Å². The summed E-state index contributed by atoms with van der Waals surface area (Å²) in [6.45, 7) is 1.36. The molecule has 0 aliphatic heterocycles. The number of alkyl halides is 3. The highest BCUT2D eigenvalue weighted by Gasteiger charge is 2.45. The molecule has 1 aromatic carbocycles. The van der Waals surface area contributed by atoms with Gasteiger partial charge in [0.1, 0.15) is 10.0 Å². The van der Waals surface area contributed by atoms with Gasteiger partial charge in [0, 0.05) is 23.8 Å². The molecule has 2 N–H and O–H groups in total. The highest BCUT2D eigenvalue weighted by atomic mass is 35.5. The molecule has 1 fully saturated rings. The van der Waals surface area contributed by atoms with Gasteiger partial charge in [0.25, 0.3) is 15.9 Å². The molecule has 186 valence electrons. The first-order chi connectivity index (χ1) is 15.9. The zero-order valence-electron chi connectivity index (χ0n) is 18.3. The summed E-state index contributed by atoms with van der Waals surface area (Å²) in [6, 6.07) is 6.68. The molecule has 2 aromatic rings. The minimum Gasteiger partial charge on any atom is -0.394 e. The van der Waals surface area contributed by atoms with Gasteiger partial charge in [-0.25, -0.2) is 13.4 Å². The van der Waals surface area contributed by atoms with E-state index in [1.54, 1.807) is 6.92 Å². The molecule has 1 amide bonds. The Balaban J connectivity index is 2.00. The number of aromatic nitrogens is 1. The van der Waals surface area contributed by atoms with E-state index >= 15 is 0 Å². The number of aliphatic hydroxyl groups excluding tert-OH is 1. The summed E-state index contributed by atoms with van der Waals surface area (Å²) in [6.07, 6.45) is -3.32. The SMILES string of the molecule is C[C@H](CO)NC(=O)c1ccc(N(C2CCCC(C(F)(F)F)C2)S(=O)(=O)c2ccc(Cl)nc2)cc1. The van der Waals surface area contributed by atoms with Crippen molar-refractivity contribution in [2.24, 2.45) is 5.92 Å². The molecule has 1 aromatic heterocycles. The lowest BCUT2D eigenvalue weighted by atomic mass is 9.85. The second kappa shape index (κ2) is 10.5. The lowest BCUT2D eigenvalue weighted by Gasteiger charge is -2.38. The third-order valence-corrected chi connectivity index (χ3v) is 7.82. The second-order valence-electron chi connectivity index (χ2n) is 8.28. The third-order valence-electron chi connectivity index (χ3n) is 5.73. The maximum atomic E-state index is 13.6. The van der Waals surface area contributed by atoms with E-state index in [0.717, 1.165) is 10.5 Å². The molecule has 12 heteroatoms. The number of aliphatic hydroxyl groups is 1. The molecule has 1 heterocycles. The zero-order valence-corrected chi connectivity index (χ0v) is 19.9. The number of halogens is 4. The number of sulfonamides is 1. The largest absolute Gasteiger partial charge is 0.394 e. The number of hydrogen-bond acceptors (Lipinski definition) is 5. The number of rotatable bonds is 7. The Morgan fingerprint density at radius 1 is 1.24 bits per heavy atom. The fraction of sp³-hybridized carbons (Fsp3) is 0.455. The van der Waals surface area contributed by atoms with Crippen LogP contribution in [-0.2, 0) is 10.0 Å². The highest BCUT2D eigenvalue weighted by Crippen LogP contribution is 2.41.